The maximum atomic E-state index is 10.8. The van der Waals surface area contributed by atoms with Crippen LogP contribution in [0.2, 0.25) is 0 Å². The van der Waals surface area contributed by atoms with E-state index in [1.165, 1.54) is 31.2 Å². The van der Waals surface area contributed by atoms with Crippen molar-refractivity contribution in [2.24, 2.45) is 0 Å². The molecule has 2 aromatic heterocycles. The highest BCUT2D eigenvalue weighted by atomic mass is 16.6. The Morgan fingerprint density at radius 1 is 1.21 bits per heavy atom. The van der Waals surface area contributed by atoms with Gasteiger partial charge in [0.25, 0.3) is 0 Å². The number of rotatable bonds is 4. The fourth-order valence-electron chi connectivity index (χ4n) is 1.40. The molecule has 0 saturated carbocycles. The summed E-state index contributed by atoms with van der Waals surface area (Å²) in [7, 11) is 0. The van der Waals surface area contributed by atoms with Gasteiger partial charge in [-0.1, -0.05) is 5.16 Å². The zero-order valence-corrected chi connectivity index (χ0v) is 9.60. The van der Waals surface area contributed by atoms with E-state index in [9.17, 15) is 20.2 Å². The average Bonchev–Trinajstić information content (AvgIpc) is 2.92. The molecule has 0 aromatic carbocycles. The summed E-state index contributed by atoms with van der Waals surface area (Å²) < 4.78 is 9.63. The smallest absolute Gasteiger partial charge is 0.401 e. The molecule has 0 amide bonds. The number of aromatic nitrogens is 1. The van der Waals surface area contributed by atoms with Crippen LogP contribution < -0.4 is 0 Å². The van der Waals surface area contributed by atoms with Crippen molar-refractivity contribution in [1.82, 2.24) is 5.16 Å². The van der Waals surface area contributed by atoms with E-state index in [1.807, 2.05) is 0 Å². The summed E-state index contributed by atoms with van der Waals surface area (Å²) in [6, 6.07) is 2.55. The molecule has 0 bridgehead atoms. The van der Waals surface area contributed by atoms with Gasteiger partial charge in [0.05, 0.1) is 11.0 Å². The first kappa shape index (κ1) is 12.5. The highest BCUT2D eigenvalue weighted by Crippen LogP contribution is 2.25. The highest BCUT2D eigenvalue weighted by Gasteiger charge is 2.22. The van der Waals surface area contributed by atoms with Crippen molar-refractivity contribution >= 4 is 23.7 Å². The van der Waals surface area contributed by atoms with Gasteiger partial charge in [0.15, 0.2) is 5.69 Å². The monoisotopic (exact) mass is 265 g/mol. The molecule has 9 nitrogen and oxygen atoms in total. The van der Waals surface area contributed by atoms with Gasteiger partial charge >= 0.3 is 11.6 Å². The largest absolute Gasteiger partial charge is 0.433 e. The number of hydrogen-bond acceptors (Lipinski definition) is 7. The summed E-state index contributed by atoms with van der Waals surface area (Å²) in [6.45, 7) is 1.44. The molecule has 0 atom stereocenters. The normalized spacial score (nSPS) is 11.0. The van der Waals surface area contributed by atoms with Crippen LogP contribution >= 0.6 is 0 Å². The van der Waals surface area contributed by atoms with Crippen LogP contribution in [0.15, 0.2) is 21.1 Å². The maximum Gasteiger partial charge on any atom is 0.433 e. The Hall–Kier alpha value is -2.97. The second-order valence-electron chi connectivity index (χ2n) is 3.50. The van der Waals surface area contributed by atoms with Crippen molar-refractivity contribution in [3.63, 3.8) is 0 Å². The van der Waals surface area contributed by atoms with Gasteiger partial charge in [-0.05, 0) is 25.1 Å². The third kappa shape index (κ3) is 2.49. The zero-order chi connectivity index (χ0) is 14.0. The van der Waals surface area contributed by atoms with Crippen LogP contribution in [0.1, 0.15) is 17.2 Å². The zero-order valence-electron chi connectivity index (χ0n) is 9.60. The lowest BCUT2D eigenvalue weighted by Gasteiger charge is -1.87. The van der Waals surface area contributed by atoms with Gasteiger partial charge < -0.3 is 8.94 Å². The number of nitro groups is 2. The molecule has 0 radical (unpaired) electrons. The quantitative estimate of drug-likeness (QED) is 0.614. The van der Waals surface area contributed by atoms with Gasteiger partial charge in [-0.3, -0.25) is 20.2 Å². The van der Waals surface area contributed by atoms with Gasteiger partial charge in [0.1, 0.15) is 10.7 Å². The van der Waals surface area contributed by atoms with Crippen LogP contribution in [0.25, 0.3) is 12.2 Å². The van der Waals surface area contributed by atoms with Gasteiger partial charge in [0, 0.05) is 0 Å². The Morgan fingerprint density at radius 2 is 1.95 bits per heavy atom. The van der Waals surface area contributed by atoms with Gasteiger partial charge in [-0.2, -0.15) is 0 Å². The lowest BCUT2D eigenvalue weighted by molar-refractivity contribution is -0.402. The van der Waals surface area contributed by atoms with E-state index >= 15 is 0 Å². The molecule has 0 unspecified atom stereocenters. The van der Waals surface area contributed by atoms with E-state index in [2.05, 4.69) is 5.16 Å². The van der Waals surface area contributed by atoms with E-state index in [0.29, 0.717) is 0 Å². The number of nitrogens with zero attached hydrogens (tertiary/aromatic N) is 3. The van der Waals surface area contributed by atoms with Gasteiger partial charge in [-0.25, -0.2) is 0 Å². The van der Waals surface area contributed by atoms with E-state index < -0.39 is 15.7 Å². The molecule has 0 saturated heterocycles. The second kappa shape index (κ2) is 4.72. The third-order valence-electron chi connectivity index (χ3n) is 2.23. The van der Waals surface area contributed by atoms with E-state index in [1.54, 1.807) is 0 Å². The van der Waals surface area contributed by atoms with Crippen molar-refractivity contribution in [2.75, 3.05) is 0 Å². The molecule has 0 spiro atoms. The standard InChI is InChI=1S/C10H7N3O6/c1-6-10(13(16)17)8(19-11-6)4-2-7-3-5-9(18-7)12(14)15/h2-5H,1H3/b4-2+. The summed E-state index contributed by atoms with van der Waals surface area (Å²) in [5.74, 6) is -0.292. The Morgan fingerprint density at radius 3 is 2.53 bits per heavy atom. The van der Waals surface area contributed by atoms with E-state index in [0.717, 1.165) is 0 Å². The second-order valence-corrected chi connectivity index (χ2v) is 3.50. The first-order valence-corrected chi connectivity index (χ1v) is 5.02. The molecule has 9 heteroatoms. The first-order valence-electron chi connectivity index (χ1n) is 5.02. The molecule has 0 aliphatic rings. The molecule has 0 aliphatic carbocycles. The summed E-state index contributed by atoms with van der Waals surface area (Å²) >= 11 is 0. The fraction of sp³-hybridized carbons (Fsp3) is 0.100. The molecule has 0 fully saturated rings. The van der Waals surface area contributed by atoms with Crippen molar-refractivity contribution < 1.29 is 18.8 Å². The van der Waals surface area contributed by atoms with Gasteiger partial charge in [-0.15, -0.1) is 0 Å². The van der Waals surface area contributed by atoms with Crippen LogP contribution in [0, 0.1) is 27.2 Å². The number of furan rings is 1. The first-order chi connectivity index (χ1) is 8.99. The maximum absolute atomic E-state index is 10.8. The Labute approximate surface area is 105 Å². The van der Waals surface area contributed by atoms with Crippen LogP contribution in [0.5, 0.6) is 0 Å². The predicted molar refractivity (Wildman–Crippen MR) is 62.2 cm³/mol. The molecule has 0 aliphatic heterocycles. The third-order valence-corrected chi connectivity index (χ3v) is 2.23. The van der Waals surface area contributed by atoms with Crippen LogP contribution in [-0.4, -0.2) is 15.0 Å². The van der Waals surface area contributed by atoms with Gasteiger partial charge in [0.2, 0.25) is 5.76 Å². The summed E-state index contributed by atoms with van der Waals surface area (Å²) in [4.78, 5) is 19.9. The fourth-order valence-corrected chi connectivity index (χ4v) is 1.40. The number of hydrogen-bond donors (Lipinski definition) is 0. The minimum atomic E-state index is -0.682. The molecule has 2 heterocycles. The van der Waals surface area contributed by atoms with Crippen molar-refractivity contribution in [3.8, 4) is 0 Å². The van der Waals surface area contributed by atoms with Crippen LogP contribution in [0.3, 0.4) is 0 Å². The predicted octanol–water partition coefficient (Wildman–Crippen LogP) is 2.56. The SMILES string of the molecule is Cc1noc(/C=C/c2ccc([N+](=O)[O-])o2)c1[N+](=O)[O-]. The molecule has 0 N–H and O–H groups in total. The lowest BCUT2D eigenvalue weighted by Crippen LogP contribution is -1.90. The van der Waals surface area contributed by atoms with Crippen molar-refractivity contribution in [3.05, 3.63) is 49.6 Å². The van der Waals surface area contributed by atoms with E-state index in [-0.39, 0.29) is 22.9 Å². The number of aryl methyl sites for hydroxylation is 1. The van der Waals surface area contributed by atoms with Crippen LogP contribution in [-0.2, 0) is 0 Å². The topological polar surface area (TPSA) is 125 Å². The van der Waals surface area contributed by atoms with Crippen molar-refractivity contribution in [1.29, 1.82) is 0 Å². The van der Waals surface area contributed by atoms with E-state index in [4.69, 9.17) is 8.94 Å². The molecule has 2 rings (SSSR count). The summed E-state index contributed by atoms with van der Waals surface area (Å²) in [5.41, 5.74) is -0.104. The average molecular weight is 265 g/mol. The molecule has 19 heavy (non-hydrogen) atoms. The molecule has 98 valence electrons. The Balaban J connectivity index is 2.27. The molecule has 2 aromatic rings. The Bertz CT molecular complexity index is 669. The Kier molecular flexibility index (Phi) is 3.10. The molecular weight excluding hydrogens is 258 g/mol. The summed E-state index contributed by atoms with van der Waals surface area (Å²) in [5, 5.41) is 24.6. The minimum Gasteiger partial charge on any atom is -0.401 e. The summed E-state index contributed by atoms with van der Waals surface area (Å²) in [6.07, 6.45) is 2.58. The molecular formula is C10H7N3O6. The minimum absolute atomic E-state index is 0.0541. The van der Waals surface area contributed by atoms with Crippen LogP contribution in [0.4, 0.5) is 11.6 Å². The van der Waals surface area contributed by atoms with Crippen molar-refractivity contribution in [2.45, 2.75) is 6.92 Å². The lowest BCUT2D eigenvalue weighted by atomic mass is 10.3. The highest BCUT2D eigenvalue weighted by molar-refractivity contribution is 5.70.